The van der Waals surface area contributed by atoms with Gasteiger partial charge in [0.25, 0.3) is 0 Å². The molecular weight excluding hydrogens is 707 g/mol. The van der Waals surface area contributed by atoms with Crippen LogP contribution in [0, 0.1) is 0 Å². The molecule has 1 aliphatic rings. The number of hydrogen-bond donors (Lipinski definition) is 0. The molecule has 12 rings (SSSR count). The van der Waals surface area contributed by atoms with Crippen LogP contribution in [0.1, 0.15) is 25.0 Å². The molecule has 0 amide bonds. The van der Waals surface area contributed by atoms with Crippen LogP contribution in [0.2, 0.25) is 0 Å². The van der Waals surface area contributed by atoms with E-state index in [-0.39, 0.29) is 5.41 Å². The Hall–Kier alpha value is -7.36. The number of fused-ring (bicyclic) bond motifs is 10. The molecule has 0 unspecified atom stereocenters. The summed E-state index contributed by atoms with van der Waals surface area (Å²) >= 11 is 0. The predicted octanol–water partition coefficient (Wildman–Crippen LogP) is 15.7. The number of rotatable bonds is 5. The van der Waals surface area contributed by atoms with Gasteiger partial charge in [-0.1, -0.05) is 147 Å². The van der Waals surface area contributed by atoms with Crippen LogP contribution < -0.4 is 4.90 Å². The van der Waals surface area contributed by atoms with E-state index < -0.39 is 0 Å². The highest BCUT2D eigenvalue weighted by molar-refractivity contribution is 6.25. The van der Waals surface area contributed by atoms with Gasteiger partial charge in [-0.3, -0.25) is 0 Å². The minimum atomic E-state index is -0.148. The second-order valence-electron chi connectivity index (χ2n) is 16.1. The van der Waals surface area contributed by atoms with E-state index in [1.165, 1.54) is 44.2 Å². The lowest BCUT2D eigenvalue weighted by Crippen LogP contribution is -2.14. The summed E-state index contributed by atoms with van der Waals surface area (Å²) in [6.45, 7) is 4.68. The maximum Gasteiger partial charge on any atom is 0.144 e. The largest absolute Gasteiger partial charge is 0.456 e. The molecular formula is C55H37NO2. The highest BCUT2D eigenvalue weighted by Gasteiger charge is 2.36. The molecule has 274 valence electrons. The second kappa shape index (κ2) is 12.3. The molecule has 0 saturated heterocycles. The van der Waals surface area contributed by atoms with Crippen LogP contribution >= 0.6 is 0 Å². The lowest BCUT2D eigenvalue weighted by atomic mass is 9.81. The van der Waals surface area contributed by atoms with Gasteiger partial charge in [-0.2, -0.15) is 0 Å². The molecule has 0 bridgehead atoms. The van der Waals surface area contributed by atoms with E-state index in [2.05, 4.69) is 201 Å². The van der Waals surface area contributed by atoms with Crippen molar-refractivity contribution in [2.45, 2.75) is 19.3 Å². The van der Waals surface area contributed by atoms with Gasteiger partial charge in [-0.05, 0) is 104 Å². The van der Waals surface area contributed by atoms with E-state index in [1.54, 1.807) is 0 Å². The molecule has 3 nitrogen and oxygen atoms in total. The first kappa shape index (κ1) is 32.8. The lowest BCUT2D eigenvalue weighted by Gasteiger charge is -2.27. The first-order valence-corrected chi connectivity index (χ1v) is 20.0. The average Bonchev–Trinajstić information content (AvgIpc) is 3.91. The first-order chi connectivity index (χ1) is 28.5. The van der Waals surface area contributed by atoms with Crippen molar-refractivity contribution < 1.29 is 8.83 Å². The van der Waals surface area contributed by atoms with Gasteiger partial charge in [0.05, 0.1) is 11.1 Å². The van der Waals surface area contributed by atoms with E-state index in [4.69, 9.17) is 8.83 Å². The zero-order chi connectivity index (χ0) is 38.5. The summed E-state index contributed by atoms with van der Waals surface area (Å²) in [5.41, 5.74) is 16.2. The standard InChI is InChI=1S/C55H37NO2/c1-55(2)45-19-10-8-17-41(45)42-30-26-38(32-46(42)55)51-53-43-18-9-11-21-48(43)57-50(53)33-44-52-47(20-12-22-49(52)58-54(44)51)56(40-29-25-35-15-6-7-16-37(35)31-40)39-27-23-36(24-28-39)34-13-4-3-5-14-34/h3-33H,1-2H3. The summed E-state index contributed by atoms with van der Waals surface area (Å²) in [7, 11) is 0. The number of benzene rings is 9. The minimum Gasteiger partial charge on any atom is -0.456 e. The predicted molar refractivity (Wildman–Crippen MR) is 242 cm³/mol. The van der Waals surface area contributed by atoms with Crippen molar-refractivity contribution in [1.29, 1.82) is 0 Å². The van der Waals surface area contributed by atoms with Gasteiger partial charge in [0, 0.05) is 38.5 Å². The molecule has 2 aromatic heterocycles. The smallest absolute Gasteiger partial charge is 0.144 e. The van der Waals surface area contributed by atoms with Crippen LogP contribution in [0.3, 0.4) is 0 Å². The molecule has 58 heavy (non-hydrogen) atoms. The van der Waals surface area contributed by atoms with E-state index in [0.29, 0.717) is 0 Å². The van der Waals surface area contributed by atoms with Crippen LogP contribution in [0.4, 0.5) is 17.1 Å². The third-order valence-corrected chi connectivity index (χ3v) is 12.4. The normalized spacial score (nSPS) is 13.1. The van der Waals surface area contributed by atoms with Crippen molar-refractivity contribution in [3.8, 4) is 33.4 Å². The topological polar surface area (TPSA) is 29.5 Å². The number of furan rings is 2. The Labute approximate surface area is 336 Å². The lowest BCUT2D eigenvalue weighted by molar-refractivity contribution is 0.660. The number of para-hydroxylation sites is 1. The van der Waals surface area contributed by atoms with Gasteiger partial charge in [0.1, 0.15) is 22.3 Å². The third-order valence-electron chi connectivity index (χ3n) is 12.4. The van der Waals surface area contributed by atoms with Crippen molar-refractivity contribution in [1.82, 2.24) is 0 Å². The summed E-state index contributed by atoms with van der Waals surface area (Å²) in [6.07, 6.45) is 0. The van der Waals surface area contributed by atoms with Crippen molar-refractivity contribution in [3.63, 3.8) is 0 Å². The van der Waals surface area contributed by atoms with Crippen molar-refractivity contribution in [3.05, 3.63) is 199 Å². The molecule has 2 heterocycles. The zero-order valence-electron chi connectivity index (χ0n) is 32.2. The summed E-state index contributed by atoms with van der Waals surface area (Å²) in [4.78, 5) is 2.37. The molecule has 9 aromatic carbocycles. The molecule has 3 heteroatoms. The Kier molecular flexibility index (Phi) is 6.98. The summed E-state index contributed by atoms with van der Waals surface area (Å²) in [6, 6.07) is 67.5. The second-order valence-corrected chi connectivity index (χ2v) is 16.1. The van der Waals surface area contributed by atoms with Crippen molar-refractivity contribution in [2.24, 2.45) is 0 Å². The van der Waals surface area contributed by atoms with Gasteiger partial charge in [0.15, 0.2) is 0 Å². The Bertz CT molecular complexity index is 3420. The zero-order valence-corrected chi connectivity index (χ0v) is 32.2. The maximum absolute atomic E-state index is 7.14. The first-order valence-electron chi connectivity index (χ1n) is 20.0. The Balaban J connectivity index is 1.14. The SMILES string of the molecule is CC1(C)c2ccccc2-c2ccc(-c3c4oc5cccc(N(c6ccc(-c7ccccc7)cc6)c6ccc7ccccc7c6)c5c4cc4oc5ccccc5c34)cc21. The average molecular weight is 744 g/mol. The van der Waals surface area contributed by atoms with Crippen LogP contribution in [-0.2, 0) is 5.41 Å². The highest BCUT2D eigenvalue weighted by Crippen LogP contribution is 2.53. The van der Waals surface area contributed by atoms with Gasteiger partial charge in [-0.15, -0.1) is 0 Å². The maximum atomic E-state index is 7.14. The fourth-order valence-electron chi connectivity index (χ4n) is 9.64. The van der Waals surface area contributed by atoms with Gasteiger partial charge < -0.3 is 13.7 Å². The van der Waals surface area contributed by atoms with E-state index in [0.717, 1.165) is 72.1 Å². The van der Waals surface area contributed by atoms with Crippen LogP contribution in [0.5, 0.6) is 0 Å². The van der Waals surface area contributed by atoms with Gasteiger partial charge in [0.2, 0.25) is 0 Å². The monoisotopic (exact) mass is 743 g/mol. The molecule has 11 aromatic rings. The summed E-state index contributed by atoms with van der Waals surface area (Å²) in [5.74, 6) is 0. The number of hydrogen-bond acceptors (Lipinski definition) is 3. The highest BCUT2D eigenvalue weighted by atomic mass is 16.3. The Morgan fingerprint density at radius 3 is 1.98 bits per heavy atom. The van der Waals surface area contributed by atoms with Crippen molar-refractivity contribution in [2.75, 3.05) is 4.90 Å². The van der Waals surface area contributed by atoms with E-state index in [9.17, 15) is 0 Å². The fourth-order valence-corrected chi connectivity index (χ4v) is 9.64. The third kappa shape index (κ3) is 4.80. The molecule has 0 atom stereocenters. The number of nitrogens with zero attached hydrogens (tertiary/aromatic N) is 1. The van der Waals surface area contributed by atoms with Crippen LogP contribution in [0.15, 0.2) is 197 Å². The summed E-state index contributed by atoms with van der Waals surface area (Å²) in [5, 5.41) is 6.59. The quantitative estimate of drug-likeness (QED) is 0.176. The molecule has 0 aliphatic heterocycles. The fraction of sp³-hybridized carbons (Fsp3) is 0.0545. The van der Waals surface area contributed by atoms with Crippen LogP contribution in [0.25, 0.3) is 88.0 Å². The van der Waals surface area contributed by atoms with E-state index in [1.807, 2.05) is 6.07 Å². The summed E-state index contributed by atoms with van der Waals surface area (Å²) < 4.78 is 13.9. The molecule has 0 radical (unpaired) electrons. The molecule has 0 saturated carbocycles. The van der Waals surface area contributed by atoms with Crippen molar-refractivity contribution >= 4 is 71.7 Å². The molecule has 0 fully saturated rings. The van der Waals surface area contributed by atoms with E-state index >= 15 is 0 Å². The van der Waals surface area contributed by atoms with Gasteiger partial charge >= 0.3 is 0 Å². The number of anilines is 3. The molecule has 1 aliphatic carbocycles. The Morgan fingerprint density at radius 2 is 1.10 bits per heavy atom. The van der Waals surface area contributed by atoms with Crippen LogP contribution in [-0.4, -0.2) is 0 Å². The Morgan fingerprint density at radius 1 is 0.414 bits per heavy atom. The molecule has 0 spiro atoms. The minimum absolute atomic E-state index is 0.148. The van der Waals surface area contributed by atoms with Gasteiger partial charge in [-0.25, -0.2) is 0 Å². The molecule has 0 N–H and O–H groups in total.